The molecule has 1 aromatic heterocycles. The smallest absolute Gasteiger partial charge is 0.339 e. The number of carboxylic acid groups (broad SMARTS) is 1. The minimum atomic E-state index is -1.03. The maximum Gasteiger partial charge on any atom is 0.339 e. The molecule has 2 rings (SSSR count). The molecule has 0 aliphatic heterocycles. The Balaban J connectivity index is 2.15. The molecule has 0 radical (unpaired) electrons. The summed E-state index contributed by atoms with van der Waals surface area (Å²) < 4.78 is 1.50. The Bertz CT molecular complexity index is 663. The van der Waals surface area contributed by atoms with Crippen molar-refractivity contribution >= 4 is 11.7 Å². The molecule has 20 heavy (non-hydrogen) atoms. The third-order valence-electron chi connectivity index (χ3n) is 2.98. The summed E-state index contributed by atoms with van der Waals surface area (Å²) in [6.45, 7) is 2.00. The molecule has 0 aliphatic carbocycles. The molecule has 1 heterocycles. The molecule has 0 atom stereocenters. The fourth-order valence-electron chi connectivity index (χ4n) is 1.98. The van der Waals surface area contributed by atoms with Crippen LogP contribution in [0.2, 0.25) is 0 Å². The van der Waals surface area contributed by atoms with Crippen molar-refractivity contribution in [2.75, 3.05) is 0 Å². The number of hydrogen-bond acceptors (Lipinski definition) is 4. The molecule has 2 aromatic rings. The van der Waals surface area contributed by atoms with Crippen LogP contribution in [0.25, 0.3) is 0 Å². The van der Waals surface area contributed by atoms with Gasteiger partial charge in [0.15, 0.2) is 0 Å². The van der Waals surface area contributed by atoms with E-state index in [4.69, 9.17) is 5.11 Å². The molecule has 0 bridgehead atoms. The summed E-state index contributed by atoms with van der Waals surface area (Å²) in [6, 6.07) is 6.49. The quantitative estimate of drug-likeness (QED) is 0.665. The minimum Gasteiger partial charge on any atom is -0.478 e. The van der Waals surface area contributed by atoms with Gasteiger partial charge < -0.3 is 5.11 Å². The van der Waals surface area contributed by atoms with E-state index in [1.807, 2.05) is 0 Å². The monoisotopic (exact) mass is 275 g/mol. The van der Waals surface area contributed by atoms with E-state index in [0.717, 1.165) is 0 Å². The van der Waals surface area contributed by atoms with Gasteiger partial charge >= 0.3 is 5.97 Å². The van der Waals surface area contributed by atoms with Crippen LogP contribution < -0.4 is 0 Å². The third kappa shape index (κ3) is 2.82. The number of carboxylic acids is 1. The van der Waals surface area contributed by atoms with Gasteiger partial charge in [0.25, 0.3) is 5.69 Å². The summed E-state index contributed by atoms with van der Waals surface area (Å²) >= 11 is 0. The normalized spacial score (nSPS) is 10.4. The number of nitrogens with zero attached hydrogens (tertiary/aromatic N) is 3. The maximum atomic E-state index is 10.9. The highest BCUT2D eigenvalue weighted by molar-refractivity contribution is 5.88. The highest BCUT2D eigenvalue weighted by Crippen LogP contribution is 2.18. The standard InChI is InChI=1S/C13H13N3O4/c1-9-11(13(17)18)8-15(14-9)7-6-10-4-2-3-5-12(10)16(19)20/h2-5,8H,6-7H2,1H3,(H,17,18). The van der Waals surface area contributed by atoms with E-state index in [9.17, 15) is 14.9 Å². The van der Waals surface area contributed by atoms with Gasteiger partial charge in [-0.3, -0.25) is 14.8 Å². The lowest BCUT2D eigenvalue weighted by Gasteiger charge is -2.03. The molecule has 0 spiro atoms. The first-order chi connectivity index (χ1) is 9.49. The van der Waals surface area contributed by atoms with Crippen LogP contribution >= 0.6 is 0 Å². The molecular formula is C13H13N3O4. The Morgan fingerprint density at radius 3 is 2.75 bits per heavy atom. The molecule has 0 aliphatic rings. The van der Waals surface area contributed by atoms with Gasteiger partial charge in [-0.1, -0.05) is 18.2 Å². The van der Waals surface area contributed by atoms with Gasteiger partial charge in [-0.2, -0.15) is 5.10 Å². The highest BCUT2D eigenvalue weighted by Gasteiger charge is 2.14. The van der Waals surface area contributed by atoms with Gasteiger partial charge in [-0.05, 0) is 13.3 Å². The van der Waals surface area contributed by atoms with Crippen molar-refractivity contribution in [3.63, 3.8) is 0 Å². The molecule has 7 nitrogen and oxygen atoms in total. The number of nitro benzene ring substituents is 1. The van der Waals surface area contributed by atoms with Crippen LogP contribution in [-0.2, 0) is 13.0 Å². The zero-order valence-corrected chi connectivity index (χ0v) is 10.8. The lowest BCUT2D eigenvalue weighted by molar-refractivity contribution is -0.385. The molecule has 0 amide bonds. The topological polar surface area (TPSA) is 98.3 Å². The minimum absolute atomic E-state index is 0.0647. The van der Waals surface area contributed by atoms with Crippen LogP contribution in [0.1, 0.15) is 21.6 Å². The zero-order chi connectivity index (χ0) is 14.7. The second kappa shape index (κ2) is 5.52. The largest absolute Gasteiger partial charge is 0.478 e. The lowest BCUT2D eigenvalue weighted by atomic mass is 10.1. The van der Waals surface area contributed by atoms with Crippen LogP contribution in [0, 0.1) is 17.0 Å². The number of rotatable bonds is 5. The second-order valence-corrected chi connectivity index (χ2v) is 4.33. The number of hydrogen-bond donors (Lipinski definition) is 1. The van der Waals surface area contributed by atoms with Gasteiger partial charge in [0.2, 0.25) is 0 Å². The zero-order valence-electron chi connectivity index (χ0n) is 10.8. The van der Waals surface area contributed by atoms with E-state index in [-0.39, 0.29) is 11.3 Å². The molecule has 1 N–H and O–H groups in total. The van der Waals surface area contributed by atoms with E-state index in [2.05, 4.69) is 5.10 Å². The molecular weight excluding hydrogens is 262 g/mol. The van der Waals surface area contributed by atoms with E-state index in [1.54, 1.807) is 25.1 Å². The molecule has 0 saturated carbocycles. The Kier molecular flexibility index (Phi) is 3.79. The summed E-state index contributed by atoms with van der Waals surface area (Å²) in [5, 5.41) is 23.9. The number of aromatic carboxylic acids is 1. The summed E-state index contributed by atoms with van der Waals surface area (Å²) in [4.78, 5) is 21.4. The lowest BCUT2D eigenvalue weighted by Crippen LogP contribution is -2.04. The number of aryl methyl sites for hydroxylation is 3. The van der Waals surface area contributed by atoms with Crippen LogP contribution in [0.5, 0.6) is 0 Å². The maximum absolute atomic E-state index is 10.9. The SMILES string of the molecule is Cc1nn(CCc2ccccc2[N+](=O)[O-])cc1C(=O)O. The molecule has 0 fully saturated rings. The van der Waals surface area contributed by atoms with Gasteiger partial charge in [0.1, 0.15) is 5.56 Å². The van der Waals surface area contributed by atoms with Crippen molar-refractivity contribution in [3.05, 3.63) is 57.4 Å². The Morgan fingerprint density at radius 1 is 1.45 bits per heavy atom. The number of nitro groups is 1. The summed E-state index contributed by atoms with van der Waals surface area (Å²) in [5.74, 6) is -1.03. The van der Waals surface area contributed by atoms with Crippen LogP contribution in [0.4, 0.5) is 5.69 Å². The predicted molar refractivity (Wildman–Crippen MR) is 70.7 cm³/mol. The molecule has 0 unspecified atom stereocenters. The van der Waals surface area contributed by atoms with Crippen molar-refractivity contribution in [1.29, 1.82) is 0 Å². The fourth-order valence-corrected chi connectivity index (χ4v) is 1.98. The van der Waals surface area contributed by atoms with E-state index < -0.39 is 10.9 Å². The summed E-state index contributed by atoms with van der Waals surface area (Å²) in [6.07, 6.45) is 1.85. The number of aromatic nitrogens is 2. The second-order valence-electron chi connectivity index (χ2n) is 4.33. The van der Waals surface area contributed by atoms with Crippen molar-refractivity contribution in [2.45, 2.75) is 19.9 Å². The predicted octanol–water partition coefficient (Wildman–Crippen LogP) is 2.04. The highest BCUT2D eigenvalue weighted by atomic mass is 16.6. The Morgan fingerprint density at radius 2 is 2.15 bits per heavy atom. The number of carbonyl (C=O) groups is 1. The molecule has 104 valence electrons. The molecule has 7 heteroatoms. The van der Waals surface area contributed by atoms with Gasteiger partial charge in [-0.25, -0.2) is 4.79 Å². The first kappa shape index (κ1) is 13.7. The van der Waals surface area contributed by atoms with Crippen molar-refractivity contribution < 1.29 is 14.8 Å². The molecule has 1 aromatic carbocycles. The van der Waals surface area contributed by atoms with Crippen LogP contribution in [0.3, 0.4) is 0 Å². The van der Waals surface area contributed by atoms with Gasteiger partial charge in [-0.15, -0.1) is 0 Å². The summed E-state index contributed by atoms with van der Waals surface area (Å²) in [7, 11) is 0. The van der Waals surface area contributed by atoms with E-state index >= 15 is 0 Å². The number of benzene rings is 1. The van der Waals surface area contributed by atoms with Crippen molar-refractivity contribution in [1.82, 2.24) is 9.78 Å². The van der Waals surface area contributed by atoms with Gasteiger partial charge in [0.05, 0.1) is 10.6 Å². The van der Waals surface area contributed by atoms with Crippen molar-refractivity contribution in [2.24, 2.45) is 0 Å². The molecule has 0 saturated heterocycles. The summed E-state index contributed by atoms with van der Waals surface area (Å²) in [5.41, 5.74) is 1.24. The van der Waals surface area contributed by atoms with E-state index in [0.29, 0.717) is 24.2 Å². The average Bonchev–Trinajstić information content (AvgIpc) is 2.78. The van der Waals surface area contributed by atoms with Crippen molar-refractivity contribution in [3.8, 4) is 0 Å². The Hall–Kier alpha value is -2.70. The fraction of sp³-hybridized carbons (Fsp3) is 0.231. The van der Waals surface area contributed by atoms with Crippen LogP contribution in [-0.4, -0.2) is 25.8 Å². The number of para-hydroxylation sites is 1. The first-order valence-corrected chi connectivity index (χ1v) is 5.98. The third-order valence-corrected chi connectivity index (χ3v) is 2.98. The van der Waals surface area contributed by atoms with Crippen LogP contribution in [0.15, 0.2) is 30.5 Å². The average molecular weight is 275 g/mol. The van der Waals surface area contributed by atoms with E-state index in [1.165, 1.54) is 16.9 Å². The van der Waals surface area contributed by atoms with Gasteiger partial charge in [0, 0.05) is 24.4 Å². The Labute approximate surface area is 114 Å². The first-order valence-electron chi connectivity index (χ1n) is 5.98.